The van der Waals surface area contributed by atoms with E-state index in [4.69, 9.17) is 5.73 Å². The number of aromatic nitrogens is 2. The van der Waals surface area contributed by atoms with Crippen LogP contribution in [0.1, 0.15) is 41.2 Å². The molecule has 0 spiro atoms. The fraction of sp³-hybridized carbons (Fsp3) is 0.312. The van der Waals surface area contributed by atoms with Crippen molar-refractivity contribution in [3.8, 4) is 0 Å². The van der Waals surface area contributed by atoms with E-state index in [1.165, 1.54) is 24.6 Å². The lowest BCUT2D eigenvalue weighted by Gasteiger charge is -2.21. The second-order valence-corrected chi connectivity index (χ2v) is 5.35. The Balaban J connectivity index is 1.73. The molecule has 3 rings (SSSR count). The number of primary amides is 1. The first-order chi connectivity index (χ1) is 10.2. The maximum absolute atomic E-state index is 11.0. The molecule has 2 aromatic rings. The lowest BCUT2D eigenvalue weighted by Crippen LogP contribution is -2.23. The average molecular weight is 282 g/mol. The molecule has 3 N–H and O–H groups in total. The van der Waals surface area contributed by atoms with Crippen LogP contribution < -0.4 is 11.1 Å². The quantitative estimate of drug-likeness (QED) is 0.901. The molecule has 1 fully saturated rings. The summed E-state index contributed by atoms with van der Waals surface area (Å²) in [5, 5.41) is 3.43. The van der Waals surface area contributed by atoms with Crippen molar-refractivity contribution in [2.75, 3.05) is 5.32 Å². The van der Waals surface area contributed by atoms with Crippen molar-refractivity contribution in [1.82, 2.24) is 9.97 Å². The fourth-order valence-electron chi connectivity index (χ4n) is 2.95. The Hall–Kier alpha value is -2.43. The van der Waals surface area contributed by atoms with Gasteiger partial charge in [-0.2, -0.15) is 0 Å². The Labute approximate surface area is 123 Å². The van der Waals surface area contributed by atoms with Crippen LogP contribution in [0.15, 0.2) is 42.7 Å². The molecule has 5 nitrogen and oxygen atoms in total. The first-order valence-corrected chi connectivity index (χ1v) is 7.17. The third-order valence-corrected chi connectivity index (χ3v) is 3.98. The summed E-state index contributed by atoms with van der Waals surface area (Å²) >= 11 is 0. The Bertz CT molecular complexity index is 612. The molecule has 2 atom stereocenters. The first-order valence-electron chi connectivity index (χ1n) is 7.17. The summed E-state index contributed by atoms with van der Waals surface area (Å²) in [5.41, 5.74) is 6.71. The van der Waals surface area contributed by atoms with Crippen LogP contribution in [0.25, 0.3) is 0 Å². The predicted molar refractivity (Wildman–Crippen MR) is 81.0 cm³/mol. The number of benzene rings is 1. The third-order valence-electron chi connectivity index (χ3n) is 3.98. The van der Waals surface area contributed by atoms with E-state index in [0.717, 1.165) is 6.42 Å². The molecule has 1 saturated carbocycles. The van der Waals surface area contributed by atoms with Gasteiger partial charge in [-0.3, -0.25) is 4.79 Å². The smallest absolute Gasteiger partial charge is 0.268 e. The minimum Gasteiger partial charge on any atom is -0.365 e. The van der Waals surface area contributed by atoms with E-state index >= 15 is 0 Å². The number of anilines is 1. The summed E-state index contributed by atoms with van der Waals surface area (Å²) in [7, 11) is 0. The van der Waals surface area contributed by atoms with Gasteiger partial charge in [0.2, 0.25) is 0 Å². The highest BCUT2D eigenvalue weighted by atomic mass is 16.1. The minimum atomic E-state index is -0.558. The Morgan fingerprint density at radius 1 is 1.14 bits per heavy atom. The van der Waals surface area contributed by atoms with E-state index < -0.39 is 5.91 Å². The summed E-state index contributed by atoms with van der Waals surface area (Å²) < 4.78 is 0. The second kappa shape index (κ2) is 5.91. The van der Waals surface area contributed by atoms with E-state index in [1.807, 2.05) is 6.07 Å². The number of nitrogens with one attached hydrogen (secondary N) is 1. The second-order valence-electron chi connectivity index (χ2n) is 5.35. The number of hydrogen-bond donors (Lipinski definition) is 2. The van der Waals surface area contributed by atoms with Crippen LogP contribution in [0.4, 0.5) is 5.82 Å². The molecule has 0 unspecified atom stereocenters. The zero-order valence-electron chi connectivity index (χ0n) is 11.7. The molecule has 5 heteroatoms. The van der Waals surface area contributed by atoms with Gasteiger partial charge in [-0.25, -0.2) is 9.97 Å². The van der Waals surface area contributed by atoms with Crippen molar-refractivity contribution in [3.05, 3.63) is 54.0 Å². The highest BCUT2D eigenvalue weighted by Crippen LogP contribution is 2.35. The highest BCUT2D eigenvalue weighted by Gasteiger charge is 2.28. The third kappa shape index (κ3) is 3.02. The van der Waals surface area contributed by atoms with Crippen molar-refractivity contribution < 1.29 is 4.79 Å². The average Bonchev–Trinajstić information content (AvgIpc) is 2.97. The van der Waals surface area contributed by atoms with Gasteiger partial charge in [-0.1, -0.05) is 36.8 Å². The molecular weight excluding hydrogens is 264 g/mol. The maximum atomic E-state index is 11.0. The van der Waals surface area contributed by atoms with Crippen molar-refractivity contribution >= 4 is 11.7 Å². The number of carbonyl (C=O) groups excluding carboxylic acids is 1. The molecule has 0 bridgehead atoms. The zero-order valence-corrected chi connectivity index (χ0v) is 11.7. The van der Waals surface area contributed by atoms with Gasteiger partial charge < -0.3 is 11.1 Å². The molecule has 1 aliphatic rings. The van der Waals surface area contributed by atoms with Crippen LogP contribution in [0.2, 0.25) is 0 Å². The molecule has 108 valence electrons. The number of rotatable bonds is 4. The lowest BCUT2D eigenvalue weighted by molar-refractivity contribution is 0.0995. The normalized spacial score (nSPS) is 21.1. The molecule has 1 amide bonds. The van der Waals surface area contributed by atoms with Gasteiger partial charge in [0.1, 0.15) is 11.5 Å². The molecular formula is C16H18N4O. The van der Waals surface area contributed by atoms with Gasteiger partial charge in [0, 0.05) is 12.0 Å². The van der Waals surface area contributed by atoms with E-state index in [-0.39, 0.29) is 5.69 Å². The van der Waals surface area contributed by atoms with E-state index in [2.05, 4.69) is 39.6 Å². The predicted octanol–water partition coefficient (Wildman–Crippen LogP) is 2.32. The summed E-state index contributed by atoms with van der Waals surface area (Å²) in [4.78, 5) is 19.2. The summed E-state index contributed by atoms with van der Waals surface area (Å²) in [6, 6.07) is 10.9. The maximum Gasteiger partial charge on any atom is 0.268 e. The summed E-state index contributed by atoms with van der Waals surface area (Å²) in [5.74, 6) is 0.619. The monoisotopic (exact) mass is 282 g/mol. The number of hydrogen-bond acceptors (Lipinski definition) is 4. The van der Waals surface area contributed by atoms with E-state index in [0.29, 0.717) is 17.8 Å². The first kappa shape index (κ1) is 13.5. The number of nitrogens with two attached hydrogens (primary N) is 1. The van der Waals surface area contributed by atoms with Gasteiger partial charge in [0.05, 0.1) is 12.4 Å². The van der Waals surface area contributed by atoms with Gasteiger partial charge in [0.25, 0.3) is 5.91 Å². The molecule has 0 saturated heterocycles. The molecule has 1 aliphatic carbocycles. The topological polar surface area (TPSA) is 80.9 Å². The highest BCUT2D eigenvalue weighted by molar-refractivity contribution is 5.90. The van der Waals surface area contributed by atoms with Crippen molar-refractivity contribution in [3.63, 3.8) is 0 Å². The number of carbonyl (C=O) groups is 1. The molecule has 0 radical (unpaired) electrons. The number of nitrogens with zero attached hydrogens (tertiary/aromatic N) is 2. The number of amides is 1. The Morgan fingerprint density at radius 2 is 1.95 bits per heavy atom. The molecule has 1 heterocycles. The van der Waals surface area contributed by atoms with Crippen molar-refractivity contribution in [2.24, 2.45) is 5.73 Å². The van der Waals surface area contributed by atoms with Crippen LogP contribution in [0.5, 0.6) is 0 Å². The van der Waals surface area contributed by atoms with Crippen molar-refractivity contribution in [2.45, 2.75) is 31.2 Å². The molecule has 0 aliphatic heterocycles. The Morgan fingerprint density at radius 3 is 2.62 bits per heavy atom. The van der Waals surface area contributed by atoms with Gasteiger partial charge >= 0.3 is 0 Å². The molecule has 21 heavy (non-hydrogen) atoms. The van der Waals surface area contributed by atoms with Crippen molar-refractivity contribution in [1.29, 1.82) is 0 Å². The van der Waals surface area contributed by atoms with Gasteiger partial charge in [0.15, 0.2) is 0 Å². The molecule has 1 aromatic carbocycles. The lowest BCUT2D eigenvalue weighted by atomic mass is 9.94. The van der Waals surface area contributed by atoms with E-state index in [1.54, 1.807) is 6.20 Å². The zero-order chi connectivity index (χ0) is 14.7. The minimum absolute atomic E-state index is 0.187. The molecule has 1 aromatic heterocycles. The summed E-state index contributed by atoms with van der Waals surface area (Å²) in [6.07, 6.45) is 6.47. The standard InChI is InChI=1S/C16H18N4O/c17-16(21)14-9-19-15(10-18-14)20-13-8-4-7-12(13)11-5-2-1-3-6-11/h1-3,5-6,9-10,12-13H,4,7-8H2,(H2,17,21)(H,19,20)/t12-,13+/m0/s1. The van der Waals surface area contributed by atoms with Crippen LogP contribution in [0.3, 0.4) is 0 Å². The van der Waals surface area contributed by atoms with Crippen LogP contribution in [-0.2, 0) is 0 Å². The van der Waals surface area contributed by atoms with Crippen LogP contribution in [-0.4, -0.2) is 21.9 Å². The summed E-state index contributed by atoms with van der Waals surface area (Å²) in [6.45, 7) is 0. The van der Waals surface area contributed by atoms with Gasteiger partial charge in [-0.15, -0.1) is 0 Å². The van der Waals surface area contributed by atoms with Crippen LogP contribution in [0, 0.1) is 0 Å². The van der Waals surface area contributed by atoms with Crippen LogP contribution >= 0.6 is 0 Å². The fourth-order valence-corrected chi connectivity index (χ4v) is 2.95. The van der Waals surface area contributed by atoms with Gasteiger partial charge in [-0.05, 0) is 18.4 Å². The SMILES string of the molecule is NC(=O)c1cnc(N[C@@H]2CCC[C@H]2c2ccccc2)cn1. The Kier molecular flexibility index (Phi) is 3.81. The van der Waals surface area contributed by atoms with E-state index in [9.17, 15) is 4.79 Å². The largest absolute Gasteiger partial charge is 0.365 e.